The molecule has 0 aliphatic carbocycles. The van der Waals surface area contributed by atoms with Crippen LogP contribution in [0, 0.1) is 11.6 Å². The predicted octanol–water partition coefficient (Wildman–Crippen LogP) is 2.72. The summed E-state index contributed by atoms with van der Waals surface area (Å²) in [7, 11) is -1.98. The average molecular weight is 544 g/mol. The zero-order chi connectivity index (χ0) is 26.0. The fraction of sp³-hybridized carbons (Fsp3) is 0.500. The van der Waals surface area contributed by atoms with Crippen molar-refractivity contribution in [3.63, 3.8) is 0 Å². The van der Waals surface area contributed by atoms with Crippen molar-refractivity contribution in [3.8, 4) is 5.88 Å². The van der Waals surface area contributed by atoms with E-state index in [4.69, 9.17) is 4.74 Å². The second kappa shape index (κ2) is 10.8. The first-order valence-electron chi connectivity index (χ1n) is 11.4. The van der Waals surface area contributed by atoms with Crippen molar-refractivity contribution in [3.05, 3.63) is 41.5 Å². The van der Waals surface area contributed by atoms with Gasteiger partial charge in [-0.2, -0.15) is 17.7 Å². The summed E-state index contributed by atoms with van der Waals surface area (Å²) in [5.74, 6) is -3.58. The fourth-order valence-electron chi connectivity index (χ4n) is 4.31. The number of carbonyl (C=O) groups is 1. The van der Waals surface area contributed by atoms with Gasteiger partial charge in [0.05, 0.1) is 0 Å². The number of carboxylic acid groups (broad SMARTS) is 1. The smallest absolute Gasteiger partial charge is 0.344 e. The van der Waals surface area contributed by atoms with Crippen LogP contribution in [0.4, 0.5) is 14.6 Å². The standard InChI is InChI=1S/C22H27F2N5O5S2/c1-13(21(30)31)34-19-10-18(25-22(26-19)35-12-14-4-3-5-17(23)20(14)24)27-36(32,33)29-9-8-15-6-7-16(11-29)28(15)2/h3-5,10,13,15-16H,6-9,11-12H2,1-2H3,(H,30,31)(H,25,26,27)/t13-,15?,16?/m1/s1. The molecule has 1 aromatic carbocycles. The zero-order valence-electron chi connectivity index (χ0n) is 19.7. The van der Waals surface area contributed by atoms with Gasteiger partial charge in [-0.1, -0.05) is 23.9 Å². The minimum atomic E-state index is -3.99. The molecule has 0 radical (unpaired) electrons. The molecule has 3 heterocycles. The van der Waals surface area contributed by atoms with E-state index >= 15 is 0 Å². The molecule has 2 N–H and O–H groups in total. The van der Waals surface area contributed by atoms with E-state index in [1.165, 1.54) is 29.4 Å². The third-order valence-corrected chi connectivity index (χ3v) is 8.78. The van der Waals surface area contributed by atoms with Crippen molar-refractivity contribution in [1.29, 1.82) is 0 Å². The number of likely N-dealkylation sites (N-methyl/N-ethyl adjacent to an activating group) is 1. The van der Waals surface area contributed by atoms with Crippen LogP contribution in [-0.2, 0) is 20.8 Å². The summed E-state index contributed by atoms with van der Waals surface area (Å²) in [6, 6.07) is 5.45. The molecule has 2 aromatic rings. The number of hydrogen-bond acceptors (Lipinski definition) is 8. The molecule has 2 fully saturated rings. The van der Waals surface area contributed by atoms with Gasteiger partial charge in [0.2, 0.25) is 5.88 Å². The number of nitrogens with zero attached hydrogens (tertiary/aromatic N) is 4. The van der Waals surface area contributed by atoms with Crippen molar-refractivity contribution in [2.24, 2.45) is 0 Å². The Labute approximate surface area is 212 Å². The maximum absolute atomic E-state index is 14.1. The van der Waals surface area contributed by atoms with Gasteiger partial charge in [0.15, 0.2) is 22.9 Å². The molecule has 2 bridgehead atoms. The third-order valence-electron chi connectivity index (χ3n) is 6.40. The maximum atomic E-state index is 14.1. The molecule has 3 atom stereocenters. The highest BCUT2D eigenvalue weighted by Gasteiger charge is 2.38. The Kier molecular flexibility index (Phi) is 7.97. The largest absolute Gasteiger partial charge is 0.479 e. The van der Waals surface area contributed by atoms with Gasteiger partial charge in [-0.05, 0) is 39.3 Å². The summed E-state index contributed by atoms with van der Waals surface area (Å²) in [5, 5.41) is 9.17. The lowest BCUT2D eigenvalue weighted by Crippen LogP contribution is -2.42. The van der Waals surface area contributed by atoms with Crippen LogP contribution in [0.3, 0.4) is 0 Å². The van der Waals surface area contributed by atoms with E-state index in [1.54, 1.807) is 0 Å². The Morgan fingerprint density at radius 1 is 1.28 bits per heavy atom. The molecule has 0 spiro atoms. The van der Waals surface area contributed by atoms with E-state index in [9.17, 15) is 27.1 Å². The van der Waals surface area contributed by atoms with E-state index in [0.717, 1.165) is 30.7 Å². The fourth-order valence-corrected chi connectivity index (χ4v) is 6.34. The van der Waals surface area contributed by atoms with Crippen molar-refractivity contribution < 1.29 is 31.8 Å². The Bertz CT molecular complexity index is 1240. The molecule has 2 saturated heterocycles. The lowest BCUT2D eigenvalue weighted by atomic mass is 10.1. The van der Waals surface area contributed by atoms with Crippen LogP contribution in [-0.4, -0.2) is 77.0 Å². The molecule has 196 valence electrons. The number of benzene rings is 1. The maximum Gasteiger partial charge on any atom is 0.344 e. The van der Waals surface area contributed by atoms with Crippen molar-refractivity contribution in [2.75, 3.05) is 24.9 Å². The Morgan fingerprint density at radius 3 is 2.78 bits per heavy atom. The quantitative estimate of drug-likeness (QED) is 0.363. The van der Waals surface area contributed by atoms with Gasteiger partial charge in [0.25, 0.3) is 0 Å². The van der Waals surface area contributed by atoms with Crippen LogP contribution in [0.15, 0.2) is 29.4 Å². The summed E-state index contributed by atoms with van der Waals surface area (Å²) >= 11 is 0.924. The summed E-state index contributed by atoms with van der Waals surface area (Å²) in [5.41, 5.74) is 0.0692. The number of thioether (sulfide) groups is 1. The lowest BCUT2D eigenvalue weighted by Gasteiger charge is -2.25. The van der Waals surface area contributed by atoms with Crippen molar-refractivity contribution in [2.45, 2.75) is 55.3 Å². The van der Waals surface area contributed by atoms with E-state index in [1.807, 2.05) is 7.05 Å². The number of rotatable bonds is 9. The first-order valence-corrected chi connectivity index (χ1v) is 13.8. The molecule has 1 aromatic heterocycles. The number of ether oxygens (including phenoxy) is 1. The monoisotopic (exact) mass is 543 g/mol. The summed E-state index contributed by atoms with van der Waals surface area (Å²) < 4.78 is 63.2. The lowest BCUT2D eigenvalue weighted by molar-refractivity contribution is -0.144. The second-order valence-electron chi connectivity index (χ2n) is 8.78. The number of hydrogen-bond donors (Lipinski definition) is 2. The van der Waals surface area contributed by atoms with Crippen LogP contribution in [0.2, 0.25) is 0 Å². The summed E-state index contributed by atoms with van der Waals surface area (Å²) in [4.78, 5) is 21.8. The van der Waals surface area contributed by atoms with Crippen LogP contribution in [0.25, 0.3) is 0 Å². The van der Waals surface area contributed by atoms with Crippen LogP contribution in [0.5, 0.6) is 5.88 Å². The number of nitrogens with one attached hydrogen (secondary N) is 1. The van der Waals surface area contributed by atoms with E-state index in [0.29, 0.717) is 25.6 Å². The molecule has 0 amide bonds. The number of aliphatic carboxylic acids is 1. The topological polar surface area (TPSA) is 125 Å². The average Bonchev–Trinajstić information content (AvgIpc) is 3.04. The molecule has 36 heavy (non-hydrogen) atoms. The Balaban J connectivity index is 1.56. The van der Waals surface area contributed by atoms with Gasteiger partial charge in [-0.15, -0.1) is 0 Å². The molecule has 2 aliphatic heterocycles. The van der Waals surface area contributed by atoms with E-state index < -0.39 is 33.9 Å². The number of carboxylic acids is 1. The number of fused-ring (bicyclic) bond motifs is 2. The van der Waals surface area contributed by atoms with Gasteiger partial charge < -0.3 is 9.84 Å². The first kappa shape index (κ1) is 26.5. The van der Waals surface area contributed by atoms with Gasteiger partial charge in [0, 0.05) is 42.6 Å². The second-order valence-corrected chi connectivity index (χ2v) is 11.4. The molecule has 14 heteroatoms. The number of aromatic nitrogens is 2. The van der Waals surface area contributed by atoms with Crippen LogP contribution in [0.1, 0.15) is 31.7 Å². The minimum Gasteiger partial charge on any atom is -0.479 e. The normalized spacial score (nSPS) is 21.7. The Morgan fingerprint density at radius 2 is 2.03 bits per heavy atom. The molecular formula is C22H27F2N5O5S2. The third kappa shape index (κ3) is 6.05. The van der Waals surface area contributed by atoms with E-state index in [-0.39, 0.29) is 34.2 Å². The predicted molar refractivity (Wildman–Crippen MR) is 129 cm³/mol. The Hall–Kier alpha value is -2.55. The highest BCUT2D eigenvalue weighted by Crippen LogP contribution is 2.31. The summed E-state index contributed by atoms with van der Waals surface area (Å²) in [6.07, 6.45) is 1.41. The van der Waals surface area contributed by atoms with Crippen LogP contribution >= 0.6 is 11.8 Å². The highest BCUT2D eigenvalue weighted by molar-refractivity contribution is 7.98. The molecule has 10 nitrogen and oxygen atoms in total. The molecule has 2 unspecified atom stereocenters. The minimum absolute atomic E-state index is 0.00102. The molecule has 4 rings (SSSR count). The molecule has 0 saturated carbocycles. The first-order chi connectivity index (χ1) is 17.0. The van der Waals surface area contributed by atoms with Gasteiger partial charge >= 0.3 is 16.2 Å². The van der Waals surface area contributed by atoms with Gasteiger partial charge in [-0.3, -0.25) is 9.62 Å². The molecular weight excluding hydrogens is 516 g/mol. The summed E-state index contributed by atoms with van der Waals surface area (Å²) in [6.45, 7) is 1.99. The zero-order valence-corrected chi connectivity index (χ0v) is 21.4. The van der Waals surface area contributed by atoms with Crippen molar-refractivity contribution in [1.82, 2.24) is 19.2 Å². The van der Waals surface area contributed by atoms with Gasteiger partial charge in [-0.25, -0.2) is 18.6 Å². The van der Waals surface area contributed by atoms with Gasteiger partial charge in [0.1, 0.15) is 5.82 Å². The van der Waals surface area contributed by atoms with Crippen LogP contribution < -0.4 is 9.46 Å². The van der Waals surface area contributed by atoms with Crippen molar-refractivity contribution >= 4 is 33.8 Å². The molecule has 2 aliphatic rings. The SMILES string of the molecule is C[C@@H](Oc1cc(NS(=O)(=O)N2CCC3CCC(C2)N3C)nc(SCc2cccc(F)c2F)n1)C(=O)O. The highest BCUT2D eigenvalue weighted by atomic mass is 32.2. The van der Waals surface area contributed by atoms with E-state index in [2.05, 4.69) is 19.6 Å². The number of anilines is 1. The number of halogens is 2.